The Morgan fingerprint density at radius 3 is 2.73 bits per heavy atom. The van der Waals surface area contributed by atoms with Gasteiger partial charge in [-0.15, -0.1) is 11.8 Å². The minimum absolute atomic E-state index is 0.157. The number of aryl methyl sites for hydroxylation is 1. The summed E-state index contributed by atoms with van der Waals surface area (Å²) in [5.41, 5.74) is 1.76. The number of hydrogen-bond acceptors (Lipinski definition) is 1. The van der Waals surface area contributed by atoms with Gasteiger partial charge < -0.3 is 5.32 Å². The number of halogens is 1. The van der Waals surface area contributed by atoms with Crippen LogP contribution in [-0.2, 0) is 0 Å². The molecule has 0 radical (unpaired) electrons. The molecule has 0 amide bonds. The average molecular weight is 205 g/mol. The number of hydrogen-bond donors (Lipinski definition) is 1. The van der Waals surface area contributed by atoms with Crippen LogP contribution in [0.25, 0.3) is 0 Å². The maximum atomic E-state index is 13.1. The molecule has 0 saturated heterocycles. The van der Waals surface area contributed by atoms with Crippen molar-refractivity contribution in [1.29, 1.82) is 0 Å². The Morgan fingerprint density at radius 2 is 2.20 bits per heavy atom. The van der Waals surface area contributed by atoms with E-state index in [-0.39, 0.29) is 11.9 Å². The van der Waals surface area contributed by atoms with Crippen LogP contribution in [0.4, 0.5) is 4.39 Å². The van der Waals surface area contributed by atoms with Crippen molar-refractivity contribution < 1.29 is 4.39 Å². The van der Waals surface area contributed by atoms with Crippen LogP contribution < -0.4 is 5.32 Å². The van der Waals surface area contributed by atoms with Gasteiger partial charge >= 0.3 is 0 Å². The fourth-order valence-corrected chi connectivity index (χ4v) is 1.48. The van der Waals surface area contributed by atoms with E-state index in [9.17, 15) is 4.39 Å². The van der Waals surface area contributed by atoms with Crippen LogP contribution in [0, 0.1) is 24.6 Å². The van der Waals surface area contributed by atoms with E-state index in [1.807, 2.05) is 20.0 Å². The third-order valence-electron chi connectivity index (χ3n) is 2.42. The summed E-state index contributed by atoms with van der Waals surface area (Å²) < 4.78 is 13.1. The van der Waals surface area contributed by atoms with Crippen molar-refractivity contribution in [2.75, 3.05) is 7.05 Å². The second-order valence-electron chi connectivity index (χ2n) is 3.48. The van der Waals surface area contributed by atoms with Crippen molar-refractivity contribution in [2.45, 2.75) is 26.3 Å². The highest BCUT2D eigenvalue weighted by molar-refractivity contribution is 5.27. The molecule has 0 aliphatic heterocycles. The molecule has 1 aromatic rings. The van der Waals surface area contributed by atoms with Crippen molar-refractivity contribution in [3.8, 4) is 11.8 Å². The molecule has 0 heterocycles. The number of rotatable bonds is 3. The van der Waals surface area contributed by atoms with E-state index in [1.54, 1.807) is 13.0 Å². The molecule has 2 heteroatoms. The van der Waals surface area contributed by atoms with Crippen molar-refractivity contribution in [3.63, 3.8) is 0 Å². The lowest BCUT2D eigenvalue weighted by Crippen LogP contribution is -2.15. The molecule has 0 fully saturated rings. The van der Waals surface area contributed by atoms with E-state index in [2.05, 4.69) is 17.2 Å². The van der Waals surface area contributed by atoms with Crippen LogP contribution in [-0.4, -0.2) is 7.05 Å². The molecule has 1 rings (SSSR count). The van der Waals surface area contributed by atoms with Gasteiger partial charge in [0.15, 0.2) is 0 Å². The molecule has 0 saturated carbocycles. The predicted molar refractivity (Wildman–Crippen MR) is 61.0 cm³/mol. The van der Waals surface area contributed by atoms with E-state index < -0.39 is 0 Å². The maximum Gasteiger partial charge on any atom is 0.126 e. The molecule has 0 spiro atoms. The van der Waals surface area contributed by atoms with Crippen LogP contribution in [0.5, 0.6) is 0 Å². The van der Waals surface area contributed by atoms with Gasteiger partial charge in [0.05, 0.1) is 0 Å². The lowest BCUT2D eigenvalue weighted by molar-refractivity contribution is 0.596. The third-order valence-corrected chi connectivity index (χ3v) is 2.42. The monoisotopic (exact) mass is 205 g/mol. The van der Waals surface area contributed by atoms with Gasteiger partial charge in [-0.1, -0.05) is 12.1 Å². The largest absolute Gasteiger partial charge is 0.312 e. The summed E-state index contributed by atoms with van der Waals surface area (Å²) in [6.45, 7) is 3.60. The van der Waals surface area contributed by atoms with E-state index in [0.717, 1.165) is 12.0 Å². The summed E-state index contributed by atoms with van der Waals surface area (Å²) >= 11 is 0. The molecule has 1 atom stereocenters. The van der Waals surface area contributed by atoms with Gasteiger partial charge in [0, 0.05) is 12.5 Å². The highest BCUT2D eigenvalue weighted by Crippen LogP contribution is 2.18. The van der Waals surface area contributed by atoms with Gasteiger partial charge in [0.2, 0.25) is 0 Å². The minimum atomic E-state index is -0.157. The predicted octanol–water partition coefficient (Wildman–Crippen LogP) is 2.81. The van der Waals surface area contributed by atoms with Gasteiger partial charge in [-0.3, -0.25) is 0 Å². The molecular weight excluding hydrogens is 189 g/mol. The molecule has 0 aliphatic carbocycles. The molecule has 1 nitrogen and oxygen atoms in total. The van der Waals surface area contributed by atoms with Crippen LogP contribution in [0.15, 0.2) is 18.2 Å². The Kier molecular flexibility index (Phi) is 4.33. The first-order valence-corrected chi connectivity index (χ1v) is 5.02. The Morgan fingerprint density at radius 1 is 1.47 bits per heavy atom. The molecule has 80 valence electrons. The van der Waals surface area contributed by atoms with Gasteiger partial charge in [0.1, 0.15) is 5.82 Å². The van der Waals surface area contributed by atoms with E-state index in [4.69, 9.17) is 0 Å². The molecule has 15 heavy (non-hydrogen) atoms. The molecular formula is C13H16FN. The topological polar surface area (TPSA) is 12.0 Å². The summed E-state index contributed by atoms with van der Waals surface area (Å²) in [6.07, 6.45) is 0.748. The molecule has 1 unspecified atom stereocenters. The van der Waals surface area contributed by atoms with Gasteiger partial charge in [0.25, 0.3) is 0 Å². The molecule has 1 aromatic carbocycles. The van der Waals surface area contributed by atoms with Gasteiger partial charge in [-0.2, -0.15) is 0 Å². The first kappa shape index (κ1) is 11.7. The summed E-state index contributed by atoms with van der Waals surface area (Å²) in [6, 6.07) is 5.36. The smallest absolute Gasteiger partial charge is 0.126 e. The highest BCUT2D eigenvalue weighted by Gasteiger charge is 2.08. The highest BCUT2D eigenvalue weighted by atomic mass is 19.1. The SMILES string of the molecule is CC#CCC(NC)c1ccc(F)c(C)c1. The third kappa shape index (κ3) is 3.07. The van der Waals surface area contributed by atoms with Crippen molar-refractivity contribution in [3.05, 3.63) is 35.1 Å². The van der Waals surface area contributed by atoms with Crippen molar-refractivity contribution in [1.82, 2.24) is 5.32 Å². The second kappa shape index (κ2) is 5.53. The quantitative estimate of drug-likeness (QED) is 0.748. The fourth-order valence-electron chi connectivity index (χ4n) is 1.48. The Bertz CT molecular complexity index is 387. The fraction of sp³-hybridized carbons (Fsp3) is 0.385. The van der Waals surface area contributed by atoms with Crippen LogP contribution in [0.2, 0.25) is 0 Å². The number of benzene rings is 1. The second-order valence-corrected chi connectivity index (χ2v) is 3.48. The minimum Gasteiger partial charge on any atom is -0.312 e. The summed E-state index contributed by atoms with van der Waals surface area (Å²) in [4.78, 5) is 0. The van der Waals surface area contributed by atoms with Crippen molar-refractivity contribution >= 4 is 0 Å². The van der Waals surface area contributed by atoms with Crippen LogP contribution >= 0.6 is 0 Å². The van der Waals surface area contributed by atoms with E-state index in [1.165, 1.54) is 6.07 Å². The summed E-state index contributed by atoms with van der Waals surface area (Å²) in [7, 11) is 1.89. The molecule has 1 N–H and O–H groups in total. The van der Waals surface area contributed by atoms with E-state index in [0.29, 0.717) is 5.56 Å². The van der Waals surface area contributed by atoms with Gasteiger partial charge in [-0.05, 0) is 38.1 Å². The lowest BCUT2D eigenvalue weighted by Gasteiger charge is -2.14. The van der Waals surface area contributed by atoms with E-state index >= 15 is 0 Å². The normalized spacial score (nSPS) is 11.7. The average Bonchev–Trinajstić information content (AvgIpc) is 2.24. The Labute approximate surface area is 90.7 Å². The molecule has 0 aliphatic rings. The standard InChI is InChI=1S/C13H16FN/c1-4-5-6-13(15-3)11-7-8-12(14)10(2)9-11/h7-9,13,15H,6H2,1-3H3. The van der Waals surface area contributed by atoms with Crippen LogP contribution in [0.3, 0.4) is 0 Å². The zero-order valence-corrected chi connectivity index (χ0v) is 9.39. The van der Waals surface area contributed by atoms with Gasteiger partial charge in [-0.25, -0.2) is 4.39 Å². The molecule has 0 aromatic heterocycles. The number of nitrogens with one attached hydrogen (secondary N) is 1. The first-order chi connectivity index (χ1) is 7.19. The maximum absolute atomic E-state index is 13.1. The summed E-state index contributed by atoms with van der Waals surface area (Å²) in [5, 5.41) is 3.17. The first-order valence-electron chi connectivity index (χ1n) is 5.02. The zero-order chi connectivity index (χ0) is 11.3. The summed E-state index contributed by atoms with van der Waals surface area (Å²) in [5.74, 6) is 5.73. The Balaban J connectivity index is 2.90. The lowest BCUT2D eigenvalue weighted by atomic mass is 10.0. The van der Waals surface area contributed by atoms with Crippen LogP contribution in [0.1, 0.15) is 30.5 Å². The zero-order valence-electron chi connectivity index (χ0n) is 9.39. The van der Waals surface area contributed by atoms with Crippen molar-refractivity contribution in [2.24, 2.45) is 0 Å². The Hall–Kier alpha value is -1.33. The molecule has 0 bridgehead atoms.